The van der Waals surface area contributed by atoms with Crippen LogP contribution in [0.2, 0.25) is 0 Å². The van der Waals surface area contributed by atoms with Gasteiger partial charge >= 0.3 is 5.97 Å². The van der Waals surface area contributed by atoms with Crippen LogP contribution in [0.15, 0.2) is 0 Å². The largest absolute Gasteiger partial charge is 0.460 e. The van der Waals surface area contributed by atoms with Crippen molar-refractivity contribution in [3.8, 4) is 0 Å². The van der Waals surface area contributed by atoms with Crippen LogP contribution in [0.3, 0.4) is 0 Å². The zero-order chi connectivity index (χ0) is 13.1. The Balaban J connectivity index is 3.66. The first-order valence-electron chi connectivity index (χ1n) is 6.99. The van der Waals surface area contributed by atoms with Gasteiger partial charge in [-0.1, -0.05) is 46.0 Å². The van der Waals surface area contributed by atoms with E-state index in [1.807, 2.05) is 0 Å². The summed E-state index contributed by atoms with van der Waals surface area (Å²) in [4.78, 5) is 11.4. The Morgan fingerprint density at radius 1 is 1.12 bits per heavy atom. The molecule has 0 heterocycles. The summed E-state index contributed by atoms with van der Waals surface area (Å²) in [7, 11) is 0. The smallest absolute Gasteiger partial charge is 0.306 e. The van der Waals surface area contributed by atoms with Crippen LogP contribution in [0.5, 0.6) is 0 Å². The number of esters is 1. The van der Waals surface area contributed by atoms with Gasteiger partial charge in [0.15, 0.2) is 0 Å². The molecule has 0 spiro atoms. The number of carbonyl (C=O) groups is 1. The zero-order valence-corrected chi connectivity index (χ0v) is 11.6. The molecule has 3 heteroatoms. The summed E-state index contributed by atoms with van der Waals surface area (Å²) in [5.41, 5.74) is 0. The van der Waals surface area contributed by atoms with E-state index in [2.05, 4.69) is 13.8 Å². The third-order valence-corrected chi connectivity index (χ3v) is 2.95. The number of aliphatic hydroxyl groups is 1. The van der Waals surface area contributed by atoms with Crippen molar-refractivity contribution < 1.29 is 14.6 Å². The molecular weight excluding hydrogens is 216 g/mol. The molecule has 0 bridgehead atoms. The molecule has 0 saturated carbocycles. The lowest BCUT2D eigenvalue weighted by atomic mass is 10.1. The van der Waals surface area contributed by atoms with Crippen LogP contribution in [0.4, 0.5) is 0 Å². The van der Waals surface area contributed by atoms with Crippen LogP contribution < -0.4 is 0 Å². The maximum absolute atomic E-state index is 11.4. The Kier molecular flexibility index (Phi) is 10.2. The highest BCUT2D eigenvalue weighted by molar-refractivity contribution is 5.69. The van der Waals surface area contributed by atoms with Gasteiger partial charge in [0.1, 0.15) is 6.10 Å². The van der Waals surface area contributed by atoms with Crippen LogP contribution in [0.1, 0.15) is 72.1 Å². The van der Waals surface area contributed by atoms with Crippen molar-refractivity contribution in [1.29, 1.82) is 0 Å². The van der Waals surface area contributed by atoms with Gasteiger partial charge in [-0.15, -0.1) is 0 Å². The van der Waals surface area contributed by atoms with Crippen LogP contribution in [-0.2, 0) is 9.53 Å². The van der Waals surface area contributed by atoms with Crippen molar-refractivity contribution in [3.63, 3.8) is 0 Å². The highest BCUT2D eigenvalue weighted by atomic mass is 16.6. The predicted molar refractivity (Wildman–Crippen MR) is 69.8 cm³/mol. The molecule has 1 N–H and O–H groups in total. The number of hydrogen-bond acceptors (Lipinski definition) is 3. The molecule has 102 valence electrons. The molecule has 3 nitrogen and oxygen atoms in total. The molecular formula is C14H28O3. The van der Waals surface area contributed by atoms with Crippen molar-refractivity contribution in [3.05, 3.63) is 0 Å². The fourth-order valence-corrected chi connectivity index (χ4v) is 1.70. The Labute approximate surface area is 106 Å². The van der Waals surface area contributed by atoms with E-state index in [1.54, 1.807) is 6.92 Å². The third kappa shape index (κ3) is 9.16. The van der Waals surface area contributed by atoms with Gasteiger partial charge in [0, 0.05) is 6.42 Å². The third-order valence-electron chi connectivity index (χ3n) is 2.95. The number of hydrogen-bond donors (Lipinski definition) is 1. The molecule has 0 saturated heterocycles. The summed E-state index contributed by atoms with van der Waals surface area (Å²) in [5, 5.41) is 9.79. The van der Waals surface area contributed by atoms with Gasteiger partial charge in [-0.3, -0.25) is 4.79 Å². The maximum atomic E-state index is 11.4. The van der Waals surface area contributed by atoms with E-state index in [-0.39, 0.29) is 12.1 Å². The van der Waals surface area contributed by atoms with E-state index in [0.717, 1.165) is 44.9 Å². The summed E-state index contributed by atoms with van der Waals surface area (Å²) in [5.74, 6) is -0.180. The maximum Gasteiger partial charge on any atom is 0.306 e. The van der Waals surface area contributed by atoms with Crippen LogP contribution in [0.25, 0.3) is 0 Å². The average molecular weight is 244 g/mol. The van der Waals surface area contributed by atoms with E-state index < -0.39 is 6.10 Å². The zero-order valence-electron chi connectivity index (χ0n) is 11.6. The van der Waals surface area contributed by atoms with E-state index in [0.29, 0.717) is 6.42 Å². The molecule has 0 aliphatic carbocycles. The minimum absolute atomic E-state index is 0.180. The minimum Gasteiger partial charge on any atom is -0.460 e. The SMILES string of the molecule is CCCCCC(=O)OC(C)C(O)CCCCC. The summed E-state index contributed by atoms with van der Waals surface area (Å²) in [6.07, 6.45) is 6.59. The monoisotopic (exact) mass is 244 g/mol. The van der Waals surface area contributed by atoms with Crippen LogP contribution in [-0.4, -0.2) is 23.3 Å². The van der Waals surface area contributed by atoms with Gasteiger partial charge in [-0.05, 0) is 19.8 Å². The second-order valence-corrected chi connectivity index (χ2v) is 4.72. The quantitative estimate of drug-likeness (QED) is 0.473. The minimum atomic E-state index is -0.517. The summed E-state index contributed by atoms with van der Waals surface area (Å²) >= 11 is 0. The second-order valence-electron chi connectivity index (χ2n) is 4.72. The van der Waals surface area contributed by atoms with Crippen LogP contribution >= 0.6 is 0 Å². The summed E-state index contributed by atoms with van der Waals surface area (Å²) in [6, 6.07) is 0. The lowest BCUT2D eigenvalue weighted by Gasteiger charge is -2.19. The van der Waals surface area contributed by atoms with Crippen molar-refractivity contribution in [2.45, 2.75) is 84.3 Å². The van der Waals surface area contributed by atoms with Gasteiger partial charge in [0.25, 0.3) is 0 Å². The van der Waals surface area contributed by atoms with Gasteiger partial charge in [-0.25, -0.2) is 0 Å². The molecule has 0 aliphatic heterocycles. The van der Waals surface area contributed by atoms with Crippen LogP contribution in [0, 0.1) is 0 Å². The molecule has 0 aromatic rings. The Morgan fingerprint density at radius 3 is 2.29 bits per heavy atom. The topological polar surface area (TPSA) is 46.5 Å². The van der Waals surface area contributed by atoms with Crippen molar-refractivity contribution in [2.24, 2.45) is 0 Å². The molecule has 0 radical (unpaired) electrons. The standard InChI is InChI=1S/C14H28O3/c1-4-6-8-10-13(15)12(3)17-14(16)11-9-7-5-2/h12-13,15H,4-11H2,1-3H3. The van der Waals surface area contributed by atoms with Crippen molar-refractivity contribution >= 4 is 5.97 Å². The molecule has 2 atom stereocenters. The molecule has 2 unspecified atom stereocenters. The average Bonchev–Trinajstić information content (AvgIpc) is 2.29. The van der Waals surface area contributed by atoms with E-state index >= 15 is 0 Å². The fraction of sp³-hybridized carbons (Fsp3) is 0.929. The van der Waals surface area contributed by atoms with Gasteiger partial charge in [0.05, 0.1) is 6.10 Å². The first-order chi connectivity index (χ1) is 8.11. The van der Waals surface area contributed by atoms with Gasteiger partial charge in [0.2, 0.25) is 0 Å². The van der Waals surface area contributed by atoms with E-state index in [4.69, 9.17) is 4.74 Å². The second kappa shape index (κ2) is 10.6. The predicted octanol–water partition coefficient (Wildman–Crippen LogP) is 3.44. The van der Waals surface area contributed by atoms with Gasteiger partial charge < -0.3 is 9.84 Å². The Bertz CT molecular complexity index is 192. The van der Waals surface area contributed by atoms with E-state index in [9.17, 15) is 9.90 Å². The fourth-order valence-electron chi connectivity index (χ4n) is 1.70. The number of carbonyl (C=O) groups excluding carboxylic acids is 1. The molecule has 0 fully saturated rings. The molecule has 0 amide bonds. The summed E-state index contributed by atoms with van der Waals surface area (Å²) < 4.78 is 5.20. The lowest BCUT2D eigenvalue weighted by Crippen LogP contribution is -2.28. The van der Waals surface area contributed by atoms with Crippen molar-refractivity contribution in [1.82, 2.24) is 0 Å². The highest BCUT2D eigenvalue weighted by Crippen LogP contribution is 2.11. The highest BCUT2D eigenvalue weighted by Gasteiger charge is 2.17. The number of aliphatic hydroxyl groups excluding tert-OH is 1. The molecule has 17 heavy (non-hydrogen) atoms. The Morgan fingerprint density at radius 2 is 1.71 bits per heavy atom. The lowest BCUT2D eigenvalue weighted by molar-refractivity contribution is -0.154. The number of unbranched alkanes of at least 4 members (excludes halogenated alkanes) is 4. The summed E-state index contributed by atoms with van der Waals surface area (Å²) in [6.45, 7) is 6.00. The van der Waals surface area contributed by atoms with Crippen molar-refractivity contribution in [2.75, 3.05) is 0 Å². The molecule has 0 aliphatic rings. The molecule has 0 rings (SSSR count). The molecule has 0 aromatic carbocycles. The molecule has 0 aromatic heterocycles. The number of ether oxygens (including phenoxy) is 1. The van der Waals surface area contributed by atoms with E-state index in [1.165, 1.54) is 0 Å². The number of rotatable bonds is 10. The normalized spacial score (nSPS) is 14.4. The van der Waals surface area contributed by atoms with Gasteiger partial charge in [-0.2, -0.15) is 0 Å². The first kappa shape index (κ1) is 16.4. The first-order valence-corrected chi connectivity index (χ1v) is 6.99. The Hall–Kier alpha value is -0.570.